The maximum atomic E-state index is 11.4. The van der Waals surface area contributed by atoms with Crippen molar-refractivity contribution in [3.63, 3.8) is 0 Å². The second kappa shape index (κ2) is 6.43. The van der Waals surface area contributed by atoms with Crippen LogP contribution in [0.5, 0.6) is 5.75 Å². The molecule has 0 saturated heterocycles. The number of non-ortho nitro benzene ring substituents is 1. The number of carbonyl (C=O) groups is 1. The van der Waals surface area contributed by atoms with E-state index in [1.54, 1.807) is 0 Å². The number of nitro benzene ring substituents is 3. The Morgan fingerprint density at radius 1 is 1.00 bits per heavy atom. The zero-order valence-corrected chi connectivity index (χ0v) is 11.2. The number of nitro groups is 3. The molecule has 1 rings (SSSR count). The van der Waals surface area contributed by atoms with Crippen molar-refractivity contribution in [2.75, 3.05) is 0 Å². The Morgan fingerprint density at radius 2 is 1.45 bits per heavy atom. The number of hydrogen-bond acceptors (Lipinski definition) is 9. The average Bonchev–Trinajstić information content (AvgIpc) is 2.36. The third kappa shape index (κ3) is 3.84. The monoisotopic (exact) mass is 315 g/mol. The average molecular weight is 315 g/mol. The number of ether oxygens (including phenoxy) is 2. The van der Waals surface area contributed by atoms with E-state index in [4.69, 9.17) is 0 Å². The summed E-state index contributed by atoms with van der Waals surface area (Å²) in [5.41, 5.74) is -3.08. The Morgan fingerprint density at radius 3 is 1.77 bits per heavy atom. The number of nitrogens with zero attached hydrogens (tertiary/aromatic N) is 3. The highest BCUT2D eigenvalue weighted by molar-refractivity contribution is 5.73. The van der Waals surface area contributed by atoms with Crippen molar-refractivity contribution in [1.29, 1.82) is 0 Å². The molecule has 0 heterocycles. The van der Waals surface area contributed by atoms with Crippen molar-refractivity contribution in [2.24, 2.45) is 0 Å². The van der Waals surface area contributed by atoms with Gasteiger partial charge in [0.25, 0.3) is 11.4 Å². The van der Waals surface area contributed by atoms with Gasteiger partial charge in [0.1, 0.15) is 0 Å². The van der Waals surface area contributed by atoms with Gasteiger partial charge in [-0.2, -0.15) is 0 Å². The molecule has 0 amide bonds. The lowest BCUT2D eigenvalue weighted by Gasteiger charge is -2.08. The van der Waals surface area contributed by atoms with Crippen molar-refractivity contribution >= 4 is 23.2 Å². The molecule has 1 aromatic carbocycles. The molecular formula is C10H9N3O9. The van der Waals surface area contributed by atoms with Gasteiger partial charge in [-0.1, -0.05) is 0 Å². The standard InChI is InChI=1S/C10H9N3O9/c1-5(2)21-10(14)22-9-7(12(17)18)3-6(11(15)16)4-8(9)13(19)20/h3-5H,1-2H3. The van der Waals surface area contributed by atoms with Crippen LogP contribution in [0, 0.1) is 30.3 Å². The molecule has 0 unspecified atom stereocenters. The molecule has 0 aliphatic carbocycles. The van der Waals surface area contributed by atoms with E-state index < -0.39 is 49.8 Å². The lowest BCUT2D eigenvalue weighted by atomic mass is 10.2. The summed E-state index contributed by atoms with van der Waals surface area (Å²) in [4.78, 5) is 40.5. The molecule has 118 valence electrons. The van der Waals surface area contributed by atoms with Gasteiger partial charge < -0.3 is 9.47 Å². The summed E-state index contributed by atoms with van der Waals surface area (Å²) in [6.07, 6.45) is -2.04. The largest absolute Gasteiger partial charge is 0.514 e. The van der Waals surface area contributed by atoms with Gasteiger partial charge in [0.15, 0.2) is 0 Å². The predicted octanol–water partition coefficient (Wildman–Crippen LogP) is 2.34. The molecule has 22 heavy (non-hydrogen) atoms. The second-order valence-electron chi connectivity index (χ2n) is 4.10. The summed E-state index contributed by atoms with van der Waals surface area (Å²) in [6, 6.07) is 0.899. The maximum absolute atomic E-state index is 11.4. The molecule has 0 aliphatic rings. The summed E-state index contributed by atoms with van der Waals surface area (Å²) < 4.78 is 9.04. The summed E-state index contributed by atoms with van der Waals surface area (Å²) in [5.74, 6) is -1.04. The van der Waals surface area contributed by atoms with Crippen molar-refractivity contribution in [3.8, 4) is 5.75 Å². The third-order valence-corrected chi connectivity index (χ3v) is 2.16. The summed E-state index contributed by atoms with van der Waals surface area (Å²) in [5, 5.41) is 32.5. The van der Waals surface area contributed by atoms with Crippen LogP contribution in [0.15, 0.2) is 12.1 Å². The van der Waals surface area contributed by atoms with Gasteiger partial charge in [0, 0.05) is 0 Å². The Hall–Kier alpha value is -3.31. The first kappa shape index (κ1) is 16.7. The van der Waals surface area contributed by atoms with Crippen molar-refractivity contribution in [1.82, 2.24) is 0 Å². The van der Waals surface area contributed by atoms with E-state index in [1.807, 2.05) is 0 Å². The van der Waals surface area contributed by atoms with Crippen molar-refractivity contribution < 1.29 is 29.0 Å². The summed E-state index contributed by atoms with van der Waals surface area (Å²) >= 11 is 0. The van der Waals surface area contributed by atoms with Crippen LogP contribution >= 0.6 is 0 Å². The summed E-state index contributed by atoms with van der Waals surface area (Å²) in [6.45, 7) is 2.92. The first-order valence-electron chi connectivity index (χ1n) is 5.63. The minimum absolute atomic E-state index is 0.449. The number of benzene rings is 1. The van der Waals surface area contributed by atoms with Crippen molar-refractivity contribution in [3.05, 3.63) is 42.5 Å². The topological polar surface area (TPSA) is 165 Å². The van der Waals surface area contributed by atoms with Gasteiger partial charge in [0.2, 0.25) is 0 Å². The molecule has 0 atom stereocenters. The molecule has 0 fully saturated rings. The van der Waals surface area contributed by atoms with Crippen LogP contribution in [0.3, 0.4) is 0 Å². The Balaban J connectivity index is 3.45. The fourth-order valence-corrected chi connectivity index (χ4v) is 1.37. The Kier molecular flexibility index (Phi) is 4.89. The van der Waals surface area contributed by atoms with Crippen LogP contribution in [-0.2, 0) is 4.74 Å². The zero-order valence-electron chi connectivity index (χ0n) is 11.2. The molecule has 0 N–H and O–H groups in total. The van der Waals surface area contributed by atoms with Crippen LogP contribution in [0.4, 0.5) is 21.9 Å². The number of hydrogen-bond donors (Lipinski definition) is 0. The van der Waals surface area contributed by atoms with Crippen LogP contribution in [0.2, 0.25) is 0 Å². The maximum Gasteiger partial charge on any atom is 0.514 e. The van der Waals surface area contributed by atoms with E-state index in [9.17, 15) is 35.1 Å². The van der Waals surface area contributed by atoms with Gasteiger partial charge in [-0.3, -0.25) is 30.3 Å². The lowest BCUT2D eigenvalue weighted by molar-refractivity contribution is -0.404. The molecule has 0 spiro atoms. The smallest absolute Gasteiger partial charge is 0.431 e. The van der Waals surface area contributed by atoms with Gasteiger partial charge in [-0.05, 0) is 13.8 Å². The minimum atomic E-state index is -1.41. The molecule has 0 bridgehead atoms. The van der Waals surface area contributed by atoms with E-state index in [0.717, 1.165) is 0 Å². The quantitative estimate of drug-likeness (QED) is 0.343. The SMILES string of the molecule is CC(C)OC(=O)Oc1c([N+](=O)[O-])cc([N+](=O)[O-])cc1[N+](=O)[O-]. The van der Waals surface area contributed by atoms with E-state index in [-0.39, 0.29) is 0 Å². The minimum Gasteiger partial charge on any atom is -0.431 e. The lowest BCUT2D eigenvalue weighted by Crippen LogP contribution is -2.17. The second-order valence-corrected chi connectivity index (χ2v) is 4.10. The first-order chi connectivity index (χ1) is 10.1. The molecule has 0 saturated carbocycles. The fourth-order valence-electron chi connectivity index (χ4n) is 1.37. The van der Waals surface area contributed by atoms with Crippen LogP contribution in [-0.4, -0.2) is 27.0 Å². The third-order valence-electron chi connectivity index (χ3n) is 2.16. The molecule has 1 aromatic rings. The molecule has 12 nitrogen and oxygen atoms in total. The van der Waals surface area contributed by atoms with Gasteiger partial charge >= 0.3 is 17.5 Å². The molecule has 12 heteroatoms. The summed E-state index contributed by atoms with van der Waals surface area (Å²) in [7, 11) is 0. The normalized spacial score (nSPS) is 10.1. The van der Waals surface area contributed by atoms with E-state index in [1.165, 1.54) is 13.8 Å². The number of rotatable bonds is 5. The highest BCUT2D eigenvalue weighted by Gasteiger charge is 2.34. The molecule has 0 aliphatic heterocycles. The van der Waals surface area contributed by atoms with E-state index in [2.05, 4.69) is 9.47 Å². The van der Waals surface area contributed by atoms with E-state index >= 15 is 0 Å². The highest BCUT2D eigenvalue weighted by atomic mass is 16.7. The molecular weight excluding hydrogens is 306 g/mol. The van der Waals surface area contributed by atoms with E-state index in [0.29, 0.717) is 12.1 Å². The Bertz CT molecular complexity index is 620. The van der Waals surface area contributed by atoms with Gasteiger partial charge in [0.05, 0.1) is 33.0 Å². The first-order valence-corrected chi connectivity index (χ1v) is 5.63. The zero-order chi connectivity index (χ0) is 17.0. The molecule has 0 aromatic heterocycles. The fraction of sp³-hybridized carbons (Fsp3) is 0.300. The molecule has 0 radical (unpaired) electrons. The van der Waals surface area contributed by atoms with Crippen LogP contribution < -0.4 is 4.74 Å². The predicted molar refractivity (Wildman–Crippen MR) is 68.7 cm³/mol. The highest BCUT2D eigenvalue weighted by Crippen LogP contribution is 2.40. The van der Waals surface area contributed by atoms with Crippen molar-refractivity contribution in [2.45, 2.75) is 20.0 Å². The van der Waals surface area contributed by atoms with Gasteiger partial charge in [-0.15, -0.1) is 0 Å². The van der Waals surface area contributed by atoms with Crippen LogP contribution in [0.25, 0.3) is 0 Å². The van der Waals surface area contributed by atoms with Gasteiger partial charge in [-0.25, -0.2) is 4.79 Å². The number of carbonyl (C=O) groups excluding carboxylic acids is 1. The Labute approximate surface area is 121 Å². The van der Waals surface area contributed by atoms with Crippen LogP contribution in [0.1, 0.15) is 13.8 Å².